The number of ether oxygens (including phenoxy) is 1. The highest BCUT2D eigenvalue weighted by Gasteiger charge is 2.28. The van der Waals surface area contributed by atoms with Gasteiger partial charge in [-0.15, -0.1) is 5.10 Å². The van der Waals surface area contributed by atoms with Crippen molar-refractivity contribution in [2.24, 2.45) is 5.92 Å². The van der Waals surface area contributed by atoms with Crippen LogP contribution in [0.5, 0.6) is 0 Å². The van der Waals surface area contributed by atoms with E-state index in [2.05, 4.69) is 30.7 Å². The maximum absolute atomic E-state index is 12.5. The Bertz CT molecular complexity index is 1200. The molecule has 1 fully saturated rings. The van der Waals surface area contributed by atoms with E-state index in [1.165, 1.54) is 17.2 Å². The van der Waals surface area contributed by atoms with Gasteiger partial charge in [-0.05, 0) is 65.6 Å². The highest BCUT2D eigenvalue weighted by molar-refractivity contribution is 5.94. The number of nitrogens with zero attached hydrogens (tertiary/aromatic N) is 6. The summed E-state index contributed by atoms with van der Waals surface area (Å²) in [6.07, 6.45) is 3.22. The molecule has 34 heavy (non-hydrogen) atoms. The van der Waals surface area contributed by atoms with Gasteiger partial charge >= 0.3 is 5.97 Å². The predicted molar refractivity (Wildman–Crippen MR) is 119 cm³/mol. The summed E-state index contributed by atoms with van der Waals surface area (Å²) >= 11 is 0. The molecule has 0 radical (unpaired) electrons. The van der Waals surface area contributed by atoms with Crippen molar-refractivity contribution in [3.63, 3.8) is 0 Å². The zero-order valence-corrected chi connectivity index (χ0v) is 18.7. The van der Waals surface area contributed by atoms with Crippen molar-refractivity contribution in [1.29, 1.82) is 0 Å². The predicted octanol–water partition coefficient (Wildman–Crippen LogP) is 0.821. The Morgan fingerprint density at radius 1 is 1.32 bits per heavy atom. The van der Waals surface area contributed by atoms with Gasteiger partial charge in [0.25, 0.3) is 5.91 Å². The van der Waals surface area contributed by atoms with Gasteiger partial charge < -0.3 is 20.1 Å². The molecule has 2 N–H and O–H groups in total. The number of benzene rings is 1. The molecule has 2 aliphatic rings. The Labute approximate surface area is 195 Å². The molecule has 1 aromatic carbocycles. The number of fused-ring (bicyclic) bond motifs is 1. The molecular weight excluding hydrogens is 438 g/mol. The highest BCUT2D eigenvalue weighted by atomic mass is 16.5. The first-order valence-corrected chi connectivity index (χ1v) is 11.2. The molecule has 11 heteroatoms. The van der Waals surface area contributed by atoms with E-state index in [1.54, 1.807) is 18.2 Å². The van der Waals surface area contributed by atoms with E-state index >= 15 is 0 Å². The molecule has 5 rings (SSSR count). The number of tetrazole rings is 1. The van der Waals surface area contributed by atoms with Crippen LogP contribution in [-0.4, -0.2) is 73.3 Å². The number of β-amino-alcohol motifs (C(OH)–C–C–N with tert-alkyl or cyclic N) is 1. The molecular formula is C23H25N7O4. The number of nitrogens with one attached hydrogen (secondary N) is 1. The summed E-state index contributed by atoms with van der Waals surface area (Å²) in [4.78, 5) is 30.7. The van der Waals surface area contributed by atoms with E-state index in [9.17, 15) is 14.7 Å². The Kier molecular flexibility index (Phi) is 6.03. The van der Waals surface area contributed by atoms with Crippen molar-refractivity contribution in [2.45, 2.75) is 26.1 Å². The van der Waals surface area contributed by atoms with Gasteiger partial charge in [0.05, 0.1) is 17.2 Å². The molecule has 176 valence electrons. The van der Waals surface area contributed by atoms with Crippen molar-refractivity contribution in [1.82, 2.24) is 35.4 Å². The summed E-state index contributed by atoms with van der Waals surface area (Å²) in [6, 6.07) is 6.93. The summed E-state index contributed by atoms with van der Waals surface area (Å²) in [6.45, 7) is 4.89. The van der Waals surface area contributed by atoms with E-state index in [4.69, 9.17) is 4.74 Å². The monoisotopic (exact) mass is 463 g/mol. The fraction of sp³-hybridized carbons (Fsp3) is 0.391. The molecule has 3 aromatic rings. The highest BCUT2D eigenvalue weighted by Crippen LogP contribution is 2.30. The topological polar surface area (TPSA) is 135 Å². The van der Waals surface area contributed by atoms with Crippen molar-refractivity contribution >= 4 is 11.9 Å². The van der Waals surface area contributed by atoms with Gasteiger partial charge in [-0.2, -0.15) is 4.68 Å². The molecule has 1 saturated heterocycles. The largest absolute Gasteiger partial charge is 0.457 e. The maximum atomic E-state index is 12.5. The quantitative estimate of drug-likeness (QED) is 0.488. The molecule has 0 saturated carbocycles. The van der Waals surface area contributed by atoms with Crippen LogP contribution in [0.25, 0.3) is 5.82 Å². The first-order valence-electron chi connectivity index (χ1n) is 11.2. The second-order valence-corrected chi connectivity index (χ2v) is 8.68. The lowest BCUT2D eigenvalue weighted by Gasteiger charge is -2.22. The summed E-state index contributed by atoms with van der Waals surface area (Å²) in [7, 11) is 0. The number of amides is 1. The van der Waals surface area contributed by atoms with Crippen molar-refractivity contribution < 1.29 is 19.4 Å². The number of aliphatic hydroxyl groups excluding tert-OH is 1. The van der Waals surface area contributed by atoms with Crippen LogP contribution in [0.2, 0.25) is 0 Å². The zero-order chi connectivity index (χ0) is 23.7. The minimum atomic E-state index is -0.654. The first-order chi connectivity index (χ1) is 16.5. The number of aliphatic hydroxyl groups is 1. The average Bonchev–Trinajstić information content (AvgIpc) is 3.60. The van der Waals surface area contributed by atoms with E-state index in [-0.39, 0.29) is 18.5 Å². The summed E-state index contributed by atoms with van der Waals surface area (Å²) in [5.74, 6) is 0.351. The molecule has 4 heterocycles. The van der Waals surface area contributed by atoms with Gasteiger partial charge in [-0.3, -0.25) is 4.79 Å². The number of esters is 1. The van der Waals surface area contributed by atoms with E-state index < -0.39 is 6.10 Å². The molecule has 1 amide bonds. The first kappa shape index (κ1) is 22.1. The maximum Gasteiger partial charge on any atom is 0.338 e. The Morgan fingerprint density at radius 2 is 2.21 bits per heavy atom. The number of aromatic nitrogens is 5. The number of hydrogen-bond donors (Lipinski definition) is 2. The Balaban J connectivity index is 1.12. The molecule has 11 nitrogen and oxygen atoms in total. The summed E-state index contributed by atoms with van der Waals surface area (Å²) in [5, 5.41) is 24.7. The van der Waals surface area contributed by atoms with Crippen molar-refractivity contribution in [3.05, 3.63) is 64.6 Å². The lowest BCUT2D eigenvalue weighted by molar-refractivity contribution is 0.0534. The fourth-order valence-electron chi connectivity index (χ4n) is 4.58. The minimum Gasteiger partial charge on any atom is -0.457 e. The van der Waals surface area contributed by atoms with Gasteiger partial charge in [-0.1, -0.05) is 6.07 Å². The van der Waals surface area contributed by atoms with Crippen LogP contribution in [0, 0.1) is 12.8 Å². The molecule has 0 spiro atoms. The van der Waals surface area contributed by atoms with Crippen LogP contribution < -0.4 is 5.32 Å². The van der Waals surface area contributed by atoms with Crippen molar-refractivity contribution in [3.8, 4) is 5.82 Å². The van der Waals surface area contributed by atoms with Gasteiger partial charge in [-0.25, -0.2) is 9.78 Å². The lowest BCUT2D eigenvalue weighted by Crippen LogP contribution is -2.32. The standard InChI is InChI=1S/C23H25N7O4/c1-14-17(3-4-18-19(14)12-34-23(18)33)20(31)11-29-7-6-15(10-29)8-25-22(32)16-2-5-21(24-9-16)30-13-26-27-28-30/h2-5,9,13,15,20,31H,6-8,10-12H2,1H3,(H,25,32)/t15?,20-/m0/s1. The molecule has 1 unspecified atom stereocenters. The van der Waals surface area contributed by atoms with E-state index in [0.717, 1.165) is 36.2 Å². The van der Waals surface area contributed by atoms with Crippen LogP contribution in [0.1, 0.15) is 49.9 Å². The van der Waals surface area contributed by atoms with Crippen LogP contribution in [-0.2, 0) is 11.3 Å². The zero-order valence-electron chi connectivity index (χ0n) is 18.7. The second-order valence-electron chi connectivity index (χ2n) is 8.68. The normalized spacial score (nSPS) is 18.5. The van der Waals surface area contributed by atoms with E-state index in [0.29, 0.717) is 36.0 Å². The number of carbonyl (C=O) groups excluding carboxylic acids is 2. The molecule has 2 atom stereocenters. The van der Waals surface area contributed by atoms with Gasteiger partial charge in [0.1, 0.15) is 12.9 Å². The van der Waals surface area contributed by atoms with Gasteiger partial charge in [0, 0.05) is 31.4 Å². The van der Waals surface area contributed by atoms with Crippen LogP contribution >= 0.6 is 0 Å². The second kappa shape index (κ2) is 9.27. The Morgan fingerprint density at radius 3 is 2.97 bits per heavy atom. The number of hydrogen-bond acceptors (Lipinski definition) is 9. The number of carbonyl (C=O) groups is 2. The average molecular weight is 463 g/mol. The lowest BCUT2D eigenvalue weighted by atomic mass is 9.95. The van der Waals surface area contributed by atoms with Crippen LogP contribution in [0.15, 0.2) is 36.8 Å². The number of pyridine rings is 1. The third-order valence-electron chi connectivity index (χ3n) is 6.51. The minimum absolute atomic E-state index is 0.181. The van der Waals surface area contributed by atoms with Crippen LogP contribution in [0.3, 0.4) is 0 Å². The summed E-state index contributed by atoms with van der Waals surface area (Å²) < 4.78 is 6.53. The fourth-order valence-corrected chi connectivity index (χ4v) is 4.58. The third-order valence-corrected chi connectivity index (χ3v) is 6.51. The summed E-state index contributed by atoms with van der Waals surface area (Å²) in [5.41, 5.74) is 3.66. The number of rotatable bonds is 7. The molecule has 0 bridgehead atoms. The molecule has 2 aromatic heterocycles. The molecule has 2 aliphatic heterocycles. The number of likely N-dealkylation sites (tertiary alicyclic amines) is 1. The molecule has 0 aliphatic carbocycles. The third kappa shape index (κ3) is 4.39. The Hall–Kier alpha value is -3.70. The van der Waals surface area contributed by atoms with Crippen molar-refractivity contribution in [2.75, 3.05) is 26.2 Å². The van der Waals surface area contributed by atoms with E-state index in [1.807, 2.05) is 13.0 Å². The smallest absolute Gasteiger partial charge is 0.338 e. The van der Waals surface area contributed by atoms with Crippen LogP contribution in [0.4, 0.5) is 0 Å². The number of cyclic esters (lactones) is 1. The van der Waals surface area contributed by atoms with Gasteiger partial charge in [0.2, 0.25) is 0 Å². The SMILES string of the molecule is Cc1c([C@@H](O)CN2CCC(CNC(=O)c3ccc(-n4cnnn4)nc3)C2)ccc2c1COC2=O. The van der Waals surface area contributed by atoms with Gasteiger partial charge in [0.15, 0.2) is 5.82 Å².